The molecule has 2 rings (SSSR count). The van der Waals surface area contributed by atoms with Crippen molar-refractivity contribution in [2.75, 3.05) is 0 Å². The van der Waals surface area contributed by atoms with E-state index in [9.17, 15) is 19.8 Å². The fourth-order valence-corrected chi connectivity index (χ4v) is 3.10. The first-order chi connectivity index (χ1) is 8.83. The van der Waals surface area contributed by atoms with Crippen LogP contribution in [0.1, 0.15) is 33.1 Å². The first-order valence-corrected chi connectivity index (χ1v) is 6.82. The van der Waals surface area contributed by atoms with Crippen LogP contribution < -0.4 is 11.1 Å². The van der Waals surface area contributed by atoms with Crippen LogP contribution in [-0.4, -0.2) is 39.8 Å². The summed E-state index contributed by atoms with van der Waals surface area (Å²) in [6, 6.07) is -0.712. The highest BCUT2D eigenvalue weighted by Gasteiger charge is 2.67. The summed E-state index contributed by atoms with van der Waals surface area (Å²) in [5.41, 5.74) is 4.51. The molecule has 2 aliphatic carbocycles. The van der Waals surface area contributed by atoms with E-state index in [0.717, 1.165) is 6.42 Å². The third-order valence-electron chi connectivity index (χ3n) is 4.79. The molecular formula is C13H22N2O4. The molecule has 5 N–H and O–H groups in total. The summed E-state index contributed by atoms with van der Waals surface area (Å²) in [4.78, 5) is 23.6. The van der Waals surface area contributed by atoms with E-state index >= 15 is 0 Å². The summed E-state index contributed by atoms with van der Waals surface area (Å²) < 4.78 is 0. The summed E-state index contributed by atoms with van der Waals surface area (Å²) in [6.07, 6.45) is 0.855. The average molecular weight is 270 g/mol. The van der Waals surface area contributed by atoms with E-state index in [2.05, 4.69) is 5.32 Å². The smallest absolute Gasteiger partial charge is 0.329 e. The van der Waals surface area contributed by atoms with Crippen LogP contribution in [0.2, 0.25) is 0 Å². The monoisotopic (exact) mass is 270 g/mol. The molecule has 0 spiro atoms. The lowest BCUT2D eigenvalue weighted by atomic mass is 9.90. The van der Waals surface area contributed by atoms with Gasteiger partial charge in [-0.2, -0.15) is 0 Å². The molecule has 108 valence electrons. The Bertz CT molecular complexity index is 400. The van der Waals surface area contributed by atoms with Crippen LogP contribution in [0.5, 0.6) is 0 Å². The molecule has 6 nitrogen and oxygen atoms in total. The van der Waals surface area contributed by atoms with Gasteiger partial charge in [0.1, 0.15) is 5.54 Å². The molecule has 0 aromatic heterocycles. The Balaban J connectivity index is 2.11. The van der Waals surface area contributed by atoms with Crippen LogP contribution in [0.3, 0.4) is 0 Å². The fraction of sp³-hybridized carbons (Fsp3) is 0.846. The number of carboxylic acid groups (broad SMARTS) is 1. The van der Waals surface area contributed by atoms with E-state index in [4.69, 9.17) is 5.73 Å². The number of carbonyl (C=O) groups excluding carboxylic acids is 1. The molecule has 2 aliphatic rings. The lowest BCUT2D eigenvalue weighted by Crippen LogP contribution is -2.60. The molecule has 0 heterocycles. The third-order valence-corrected chi connectivity index (χ3v) is 4.79. The minimum Gasteiger partial charge on any atom is -0.479 e. The van der Waals surface area contributed by atoms with Gasteiger partial charge in [-0.15, -0.1) is 0 Å². The van der Waals surface area contributed by atoms with Gasteiger partial charge in [0, 0.05) is 6.42 Å². The maximum Gasteiger partial charge on any atom is 0.329 e. The Hall–Kier alpha value is -1.14. The van der Waals surface area contributed by atoms with Crippen LogP contribution in [0.15, 0.2) is 0 Å². The standard InChI is InChI=1S/C13H22N2O4/c1-3-6(2)10(14)11(17)15-13(12(18)19)5-9(16)7-4-8(7)13/h6-10,16H,3-5,14H2,1-2H3,(H,15,17)(H,18,19)/t6?,7-,8+,9-,10-,13-/m0/s1. The van der Waals surface area contributed by atoms with Gasteiger partial charge in [0.05, 0.1) is 12.1 Å². The predicted octanol–water partition coefficient (Wildman–Crippen LogP) is -0.300. The van der Waals surface area contributed by atoms with Gasteiger partial charge in [0.25, 0.3) is 0 Å². The van der Waals surface area contributed by atoms with E-state index in [1.807, 2.05) is 13.8 Å². The zero-order valence-electron chi connectivity index (χ0n) is 11.3. The molecule has 0 aromatic carbocycles. The number of aliphatic carboxylic acids is 1. The number of nitrogens with one attached hydrogen (secondary N) is 1. The summed E-state index contributed by atoms with van der Waals surface area (Å²) >= 11 is 0. The van der Waals surface area contributed by atoms with Gasteiger partial charge in [0.2, 0.25) is 5.91 Å². The summed E-state index contributed by atoms with van der Waals surface area (Å²) in [5, 5.41) is 21.8. The Kier molecular flexibility index (Phi) is 3.57. The lowest BCUT2D eigenvalue weighted by molar-refractivity contribution is -0.149. The van der Waals surface area contributed by atoms with Crippen molar-refractivity contribution in [1.29, 1.82) is 0 Å². The molecule has 1 unspecified atom stereocenters. The van der Waals surface area contributed by atoms with E-state index in [0.29, 0.717) is 6.42 Å². The number of carbonyl (C=O) groups is 2. The van der Waals surface area contributed by atoms with E-state index in [-0.39, 0.29) is 24.2 Å². The van der Waals surface area contributed by atoms with Crippen molar-refractivity contribution in [1.82, 2.24) is 5.32 Å². The van der Waals surface area contributed by atoms with Crippen LogP contribution in [0, 0.1) is 17.8 Å². The Labute approximate surface area is 112 Å². The van der Waals surface area contributed by atoms with Crippen molar-refractivity contribution in [2.24, 2.45) is 23.5 Å². The Morgan fingerprint density at radius 2 is 2.16 bits per heavy atom. The van der Waals surface area contributed by atoms with E-state index in [1.54, 1.807) is 0 Å². The second-order valence-electron chi connectivity index (χ2n) is 5.95. The van der Waals surface area contributed by atoms with Gasteiger partial charge in [-0.25, -0.2) is 4.79 Å². The highest BCUT2D eigenvalue weighted by Crippen LogP contribution is 2.57. The SMILES string of the molecule is CCC(C)[C@H](N)C(=O)N[C@@]1(C(=O)O)C[C@H](O)[C@H]2C[C@H]21. The second kappa shape index (κ2) is 4.76. The zero-order chi connectivity index (χ0) is 14.4. The molecule has 0 radical (unpaired) electrons. The van der Waals surface area contributed by atoms with Crippen molar-refractivity contribution >= 4 is 11.9 Å². The van der Waals surface area contributed by atoms with Crippen molar-refractivity contribution in [2.45, 2.75) is 50.8 Å². The quantitative estimate of drug-likeness (QED) is 0.548. The highest BCUT2D eigenvalue weighted by atomic mass is 16.4. The van der Waals surface area contributed by atoms with E-state index < -0.39 is 29.6 Å². The molecule has 1 amide bonds. The third kappa shape index (κ3) is 2.23. The lowest BCUT2D eigenvalue weighted by Gasteiger charge is -2.30. The maximum absolute atomic E-state index is 12.1. The van der Waals surface area contributed by atoms with Crippen LogP contribution in [-0.2, 0) is 9.59 Å². The molecule has 2 saturated carbocycles. The number of carboxylic acids is 1. The average Bonchev–Trinajstić information content (AvgIpc) is 3.11. The number of fused-ring (bicyclic) bond motifs is 1. The summed E-state index contributed by atoms with van der Waals surface area (Å²) in [5.74, 6) is -1.66. The Morgan fingerprint density at radius 1 is 1.53 bits per heavy atom. The topological polar surface area (TPSA) is 113 Å². The minimum absolute atomic E-state index is 0.00725. The van der Waals surface area contributed by atoms with Gasteiger partial charge >= 0.3 is 5.97 Å². The number of hydrogen-bond donors (Lipinski definition) is 4. The molecule has 6 heteroatoms. The van der Waals surface area contributed by atoms with E-state index in [1.165, 1.54) is 0 Å². The first-order valence-electron chi connectivity index (χ1n) is 6.82. The van der Waals surface area contributed by atoms with Crippen molar-refractivity contribution in [3.63, 3.8) is 0 Å². The number of amides is 1. The Morgan fingerprint density at radius 3 is 2.53 bits per heavy atom. The molecule has 2 fully saturated rings. The predicted molar refractivity (Wildman–Crippen MR) is 68.2 cm³/mol. The number of hydrogen-bond acceptors (Lipinski definition) is 4. The molecular weight excluding hydrogens is 248 g/mol. The fourth-order valence-electron chi connectivity index (χ4n) is 3.10. The molecule has 0 aliphatic heterocycles. The van der Waals surface area contributed by atoms with Gasteiger partial charge in [0.15, 0.2) is 0 Å². The molecule has 0 saturated heterocycles. The van der Waals surface area contributed by atoms with Gasteiger partial charge in [-0.05, 0) is 24.2 Å². The molecule has 19 heavy (non-hydrogen) atoms. The number of nitrogens with two attached hydrogens (primary N) is 1. The largest absolute Gasteiger partial charge is 0.479 e. The van der Waals surface area contributed by atoms with Crippen LogP contribution >= 0.6 is 0 Å². The summed E-state index contributed by atoms with van der Waals surface area (Å²) in [6.45, 7) is 3.79. The van der Waals surface area contributed by atoms with Crippen LogP contribution in [0.25, 0.3) is 0 Å². The molecule has 6 atom stereocenters. The maximum atomic E-state index is 12.1. The molecule has 0 bridgehead atoms. The molecule has 0 aromatic rings. The number of aliphatic hydroxyl groups is 1. The zero-order valence-corrected chi connectivity index (χ0v) is 11.3. The van der Waals surface area contributed by atoms with Crippen molar-refractivity contribution in [3.05, 3.63) is 0 Å². The number of aliphatic hydroxyl groups excluding tert-OH is 1. The van der Waals surface area contributed by atoms with Gasteiger partial charge in [-0.1, -0.05) is 20.3 Å². The van der Waals surface area contributed by atoms with Gasteiger partial charge < -0.3 is 21.3 Å². The van der Waals surface area contributed by atoms with Gasteiger partial charge in [-0.3, -0.25) is 4.79 Å². The normalized spacial score (nSPS) is 39.3. The summed E-state index contributed by atoms with van der Waals surface area (Å²) in [7, 11) is 0. The minimum atomic E-state index is -1.33. The highest BCUT2D eigenvalue weighted by molar-refractivity contribution is 5.90. The first kappa shape index (κ1) is 14.3. The van der Waals surface area contributed by atoms with Crippen molar-refractivity contribution < 1.29 is 19.8 Å². The second-order valence-corrected chi connectivity index (χ2v) is 5.95. The van der Waals surface area contributed by atoms with Crippen LogP contribution in [0.4, 0.5) is 0 Å². The van der Waals surface area contributed by atoms with Crippen molar-refractivity contribution in [3.8, 4) is 0 Å². The number of rotatable bonds is 5.